The van der Waals surface area contributed by atoms with E-state index in [1.165, 1.54) is 4.90 Å². The van der Waals surface area contributed by atoms with Crippen molar-refractivity contribution < 1.29 is 19.1 Å². The van der Waals surface area contributed by atoms with Gasteiger partial charge in [0.1, 0.15) is 6.54 Å². The topological polar surface area (TPSA) is 55.8 Å². The van der Waals surface area contributed by atoms with Crippen LogP contribution in [-0.2, 0) is 20.1 Å². The Labute approximate surface area is 129 Å². The molecule has 0 aliphatic rings. The minimum absolute atomic E-state index is 0.0900. The number of nitrogens with zero attached hydrogens (tertiary/aromatic N) is 1. The Morgan fingerprint density at radius 2 is 1.90 bits per heavy atom. The van der Waals surface area contributed by atoms with Crippen molar-refractivity contribution in [2.75, 3.05) is 33.4 Å². The van der Waals surface area contributed by atoms with Gasteiger partial charge in [-0.15, -0.1) is 11.6 Å². The quantitative estimate of drug-likeness (QED) is 0.544. The van der Waals surface area contributed by atoms with Gasteiger partial charge in [0.2, 0.25) is 0 Å². The molecule has 1 aromatic rings. The second-order valence-electron chi connectivity index (χ2n) is 4.36. The number of carbonyl (C=O) groups is 2. The number of hydrogen-bond acceptors (Lipinski definition) is 4. The van der Waals surface area contributed by atoms with E-state index in [0.717, 1.165) is 5.56 Å². The Bertz CT molecular complexity index is 461. The maximum absolute atomic E-state index is 12.4. The van der Waals surface area contributed by atoms with E-state index in [1.807, 2.05) is 0 Å². The predicted octanol–water partition coefficient (Wildman–Crippen LogP) is 2.08. The lowest BCUT2D eigenvalue weighted by Gasteiger charge is -2.21. The number of amides is 1. The maximum atomic E-state index is 12.4. The Morgan fingerprint density at radius 3 is 2.43 bits per heavy atom. The fourth-order valence-electron chi connectivity index (χ4n) is 1.74. The number of halogens is 1. The van der Waals surface area contributed by atoms with Crippen LogP contribution in [0.15, 0.2) is 24.3 Å². The molecule has 0 radical (unpaired) electrons. The third kappa shape index (κ3) is 5.73. The van der Waals surface area contributed by atoms with Crippen LogP contribution in [0.25, 0.3) is 0 Å². The van der Waals surface area contributed by atoms with Gasteiger partial charge in [-0.25, -0.2) is 0 Å². The highest BCUT2D eigenvalue weighted by Gasteiger charge is 2.19. The summed E-state index contributed by atoms with van der Waals surface area (Å²) < 4.78 is 9.86. The van der Waals surface area contributed by atoms with Gasteiger partial charge in [0.15, 0.2) is 0 Å². The lowest BCUT2D eigenvalue weighted by atomic mass is 10.1. The zero-order valence-corrected chi connectivity index (χ0v) is 13.1. The number of alkyl halides is 1. The molecule has 0 aliphatic carbocycles. The van der Waals surface area contributed by atoms with Crippen molar-refractivity contribution >= 4 is 23.5 Å². The molecule has 1 aromatic carbocycles. The second kappa shape index (κ2) is 9.37. The summed E-state index contributed by atoms with van der Waals surface area (Å²) in [6.45, 7) is 2.60. The summed E-state index contributed by atoms with van der Waals surface area (Å²) in [5, 5.41) is 0. The van der Waals surface area contributed by atoms with Crippen molar-refractivity contribution in [1.82, 2.24) is 4.90 Å². The Balaban J connectivity index is 2.79. The highest BCUT2D eigenvalue weighted by atomic mass is 35.5. The van der Waals surface area contributed by atoms with Gasteiger partial charge in [0.05, 0.1) is 13.2 Å². The Kier molecular flexibility index (Phi) is 7.79. The normalized spacial score (nSPS) is 10.2. The lowest BCUT2D eigenvalue weighted by Crippen LogP contribution is -2.38. The number of benzene rings is 1. The summed E-state index contributed by atoms with van der Waals surface area (Å²) in [6, 6.07) is 6.98. The van der Waals surface area contributed by atoms with E-state index in [1.54, 1.807) is 38.3 Å². The molecular weight excluding hydrogens is 294 g/mol. The number of rotatable bonds is 8. The zero-order valence-electron chi connectivity index (χ0n) is 12.3. The smallest absolute Gasteiger partial charge is 0.325 e. The Hall–Kier alpha value is -1.59. The van der Waals surface area contributed by atoms with Gasteiger partial charge in [-0.3, -0.25) is 9.59 Å². The number of esters is 1. The van der Waals surface area contributed by atoms with Gasteiger partial charge in [-0.05, 0) is 24.6 Å². The first kappa shape index (κ1) is 17.5. The largest absolute Gasteiger partial charge is 0.465 e. The molecule has 5 nitrogen and oxygen atoms in total. The molecule has 1 amide bonds. The predicted molar refractivity (Wildman–Crippen MR) is 80.4 cm³/mol. The van der Waals surface area contributed by atoms with Gasteiger partial charge in [0.25, 0.3) is 5.91 Å². The Morgan fingerprint density at radius 1 is 1.24 bits per heavy atom. The first-order valence-corrected chi connectivity index (χ1v) is 7.24. The lowest BCUT2D eigenvalue weighted by molar-refractivity contribution is -0.143. The van der Waals surface area contributed by atoms with Crippen LogP contribution in [0.2, 0.25) is 0 Å². The fraction of sp³-hybridized carbons (Fsp3) is 0.467. The van der Waals surface area contributed by atoms with Crippen LogP contribution < -0.4 is 0 Å². The van der Waals surface area contributed by atoms with Gasteiger partial charge in [0, 0.05) is 25.1 Å². The van der Waals surface area contributed by atoms with Crippen LogP contribution in [0.5, 0.6) is 0 Å². The van der Waals surface area contributed by atoms with E-state index in [2.05, 4.69) is 0 Å². The molecular formula is C15H20ClNO4. The number of hydrogen-bond donors (Lipinski definition) is 0. The summed E-state index contributed by atoms with van der Waals surface area (Å²) >= 11 is 5.72. The van der Waals surface area contributed by atoms with Crippen LogP contribution in [-0.4, -0.2) is 50.2 Å². The number of methoxy groups -OCH3 is 1. The van der Waals surface area contributed by atoms with Crippen molar-refractivity contribution in [2.24, 2.45) is 0 Å². The first-order valence-electron chi connectivity index (χ1n) is 6.71. The molecule has 0 heterocycles. The molecule has 0 aromatic heterocycles. The minimum atomic E-state index is -0.431. The average Bonchev–Trinajstić information content (AvgIpc) is 2.51. The summed E-state index contributed by atoms with van der Waals surface area (Å²) in [5.41, 5.74) is 1.44. The minimum Gasteiger partial charge on any atom is -0.465 e. The molecule has 0 unspecified atom stereocenters. The van der Waals surface area contributed by atoms with Crippen LogP contribution in [0.1, 0.15) is 22.8 Å². The molecule has 0 saturated carbocycles. The average molecular weight is 314 g/mol. The van der Waals surface area contributed by atoms with Gasteiger partial charge in [-0.2, -0.15) is 0 Å². The third-order valence-electron chi connectivity index (χ3n) is 2.83. The van der Waals surface area contributed by atoms with E-state index in [4.69, 9.17) is 21.1 Å². The second-order valence-corrected chi connectivity index (χ2v) is 4.62. The van der Waals surface area contributed by atoms with Gasteiger partial charge in [-0.1, -0.05) is 12.1 Å². The molecule has 0 fully saturated rings. The first-order chi connectivity index (χ1) is 10.1. The molecule has 0 spiro atoms. The molecule has 1 rings (SSSR count). The maximum Gasteiger partial charge on any atom is 0.325 e. The van der Waals surface area contributed by atoms with Crippen LogP contribution in [0, 0.1) is 0 Å². The van der Waals surface area contributed by atoms with Crippen molar-refractivity contribution in [2.45, 2.75) is 12.8 Å². The molecule has 6 heteroatoms. The van der Waals surface area contributed by atoms with E-state index >= 15 is 0 Å². The van der Waals surface area contributed by atoms with Crippen molar-refractivity contribution in [3.05, 3.63) is 35.4 Å². The van der Waals surface area contributed by atoms with Crippen molar-refractivity contribution in [3.63, 3.8) is 0 Å². The summed E-state index contributed by atoms with van der Waals surface area (Å²) in [7, 11) is 1.54. The molecule has 0 bridgehead atoms. The van der Waals surface area contributed by atoms with Crippen molar-refractivity contribution in [3.8, 4) is 0 Å². The molecule has 116 valence electrons. The number of ether oxygens (including phenoxy) is 2. The number of carbonyl (C=O) groups excluding carboxylic acids is 2. The zero-order chi connectivity index (χ0) is 15.7. The van der Waals surface area contributed by atoms with Gasteiger partial charge < -0.3 is 14.4 Å². The van der Waals surface area contributed by atoms with Gasteiger partial charge >= 0.3 is 5.97 Å². The molecule has 21 heavy (non-hydrogen) atoms. The summed E-state index contributed by atoms with van der Waals surface area (Å²) in [6.07, 6.45) is 0. The van der Waals surface area contributed by atoms with Crippen LogP contribution >= 0.6 is 11.6 Å². The highest BCUT2D eigenvalue weighted by Crippen LogP contribution is 2.10. The highest BCUT2D eigenvalue weighted by molar-refractivity contribution is 6.17. The van der Waals surface area contributed by atoms with Crippen LogP contribution in [0.4, 0.5) is 0 Å². The monoisotopic (exact) mass is 313 g/mol. The third-order valence-corrected chi connectivity index (χ3v) is 3.14. The van der Waals surface area contributed by atoms with E-state index in [-0.39, 0.29) is 19.1 Å². The molecule has 0 atom stereocenters. The standard InChI is InChI=1S/C15H20ClNO4/c1-3-21-14(18)11-17(8-9-20-2)15(19)13-6-4-12(10-16)5-7-13/h4-7H,3,8-11H2,1-2H3. The summed E-state index contributed by atoms with van der Waals surface area (Å²) in [4.78, 5) is 25.4. The molecule has 0 aliphatic heterocycles. The molecule has 0 saturated heterocycles. The van der Waals surface area contributed by atoms with Crippen LogP contribution in [0.3, 0.4) is 0 Å². The van der Waals surface area contributed by atoms with Crippen molar-refractivity contribution in [1.29, 1.82) is 0 Å². The fourth-order valence-corrected chi connectivity index (χ4v) is 1.91. The van der Waals surface area contributed by atoms with E-state index in [9.17, 15) is 9.59 Å². The van der Waals surface area contributed by atoms with E-state index < -0.39 is 5.97 Å². The SMILES string of the molecule is CCOC(=O)CN(CCOC)C(=O)c1ccc(CCl)cc1. The van der Waals surface area contributed by atoms with E-state index in [0.29, 0.717) is 24.6 Å². The molecule has 0 N–H and O–H groups in total. The summed E-state index contributed by atoms with van der Waals surface area (Å²) in [5.74, 6) is -0.273.